The average Bonchev–Trinajstić information content (AvgIpc) is 2.52. The lowest BCUT2D eigenvalue weighted by atomic mass is 10.1. The molecular formula is C13H18ClN3OS. The second-order valence-electron chi connectivity index (χ2n) is 5.24. The lowest BCUT2D eigenvalue weighted by molar-refractivity contribution is 0.0765. The predicted molar refractivity (Wildman–Crippen MR) is 80.7 cm³/mol. The zero-order valence-corrected chi connectivity index (χ0v) is 12.7. The van der Waals surface area contributed by atoms with Crippen molar-refractivity contribution in [3.05, 3.63) is 23.0 Å². The number of nitrogen functional groups attached to an aromatic ring is 1. The van der Waals surface area contributed by atoms with Crippen molar-refractivity contribution in [3.63, 3.8) is 0 Å². The Bertz CT molecular complexity index is 493. The normalized spacial score (nSPS) is 19.0. The molecule has 0 unspecified atom stereocenters. The van der Waals surface area contributed by atoms with Gasteiger partial charge in [-0.2, -0.15) is 11.8 Å². The van der Waals surface area contributed by atoms with Crippen molar-refractivity contribution in [1.29, 1.82) is 0 Å². The molecule has 1 aliphatic heterocycles. The fourth-order valence-electron chi connectivity index (χ4n) is 2.02. The lowest BCUT2D eigenvalue weighted by Gasteiger charge is -2.23. The van der Waals surface area contributed by atoms with E-state index in [1.807, 2.05) is 16.7 Å². The molecule has 0 saturated carbocycles. The number of nitrogens with two attached hydrogens (primary N) is 1. The highest BCUT2D eigenvalue weighted by atomic mass is 35.5. The number of rotatable bonds is 1. The minimum Gasteiger partial charge on any atom is -0.397 e. The Labute approximate surface area is 122 Å². The number of carbonyl (C=O) groups is 1. The number of amides is 1. The molecule has 104 valence electrons. The summed E-state index contributed by atoms with van der Waals surface area (Å²) in [6.45, 7) is 5.91. The minimum absolute atomic E-state index is 0.0555. The molecule has 6 heteroatoms. The van der Waals surface area contributed by atoms with Crippen LogP contribution in [0, 0.1) is 0 Å². The maximum Gasteiger partial charge on any atom is 0.256 e. The van der Waals surface area contributed by atoms with Crippen molar-refractivity contribution in [1.82, 2.24) is 9.88 Å². The van der Waals surface area contributed by atoms with Crippen LogP contribution in [0.2, 0.25) is 5.15 Å². The number of hydrogen-bond donors (Lipinski definition) is 1. The number of halogens is 1. The molecule has 0 aliphatic carbocycles. The van der Waals surface area contributed by atoms with Gasteiger partial charge in [0, 0.05) is 23.6 Å². The number of nitrogens with zero attached hydrogens (tertiary/aromatic N) is 2. The van der Waals surface area contributed by atoms with Gasteiger partial charge in [0.15, 0.2) is 0 Å². The second kappa shape index (κ2) is 5.59. The van der Waals surface area contributed by atoms with E-state index in [9.17, 15) is 4.79 Å². The molecule has 0 bridgehead atoms. The lowest BCUT2D eigenvalue weighted by Crippen LogP contribution is -2.34. The van der Waals surface area contributed by atoms with E-state index in [0.29, 0.717) is 16.4 Å². The van der Waals surface area contributed by atoms with Gasteiger partial charge in [0.05, 0.1) is 17.4 Å². The van der Waals surface area contributed by atoms with Gasteiger partial charge in [0.2, 0.25) is 0 Å². The minimum atomic E-state index is -0.0555. The van der Waals surface area contributed by atoms with Crippen molar-refractivity contribution < 1.29 is 4.79 Å². The van der Waals surface area contributed by atoms with Crippen LogP contribution in [-0.4, -0.2) is 39.4 Å². The van der Waals surface area contributed by atoms with E-state index in [1.54, 1.807) is 6.07 Å². The van der Waals surface area contributed by atoms with Crippen LogP contribution >= 0.6 is 23.4 Å². The second-order valence-corrected chi connectivity index (χ2v) is 7.43. The first-order valence-electron chi connectivity index (χ1n) is 6.23. The Balaban J connectivity index is 2.17. The molecule has 1 saturated heterocycles. The molecule has 1 aromatic rings. The molecule has 0 aromatic carbocycles. The third kappa shape index (κ3) is 3.54. The topological polar surface area (TPSA) is 59.2 Å². The van der Waals surface area contributed by atoms with Gasteiger partial charge in [-0.15, -0.1) is 0 Å². The first-order chi connectivity index (χ1) is 8.89. The summed E-state index contributed by atoms with van der Waals surface area (Å²) in [7, 11) is 0. The molecule has 2 N–H and O–H groups in total. The van der Waals surface area contributed by atoms with E-state index in [1.165, 1.54) is 6.20 Å². The maximum atomic E-state index is 12.5. The van der Waals surface area contributed by atoms with Gasteiger partial charge < -0.3 is 10.6 Å². The number of aromatic nitrogens is 1. The summed E-state index contributed by atoms with van der Waals surface area (Å²) in [6.07, 6.45) is 2.41. The standard InChI is InChI=1S/C13H18ClN3OS/c1-13(2)3-4-17(5-6-19-13)12(18)9-7-11(14)16-8-10(9)15/h7-8H,3-6,15H2,1-2H3. The van der Waals surface area contributed by atoms with Gasteiger partial charge in [0.1, 0.15) is 5.15 Å². The number of pyridine rings is 1. The first kappa shape index (κ1) is 14.5. The molecule has 0 radical (unpaired) electrons. The summed E-state index contributed by atoms with van der Waals surface area (Å²) < 4.78 is 0.219. The van der Waals surface area contributed by atoms with E-state index in [4.69, 9.17) is 17.3 Å². The molecule has 2 rings (SSSR count). The molecule has 2 heterocycles. The zero-order valence-electron chi connectivity index (χ0n) is 11.1. The summed E-state index contributed by atoms with van der Waals surface area (Å²) in [6, 6.07) is 1.54. The highest BCUT2D eigenvalue weighted by molar-refractivity contribution is 8.00. The Hall–Kier alpha value is -0.940. The van der Waals surface area contributed by atoms with Gasteiger partial charge in [-0.1, -0.05) is 25.4 Å². The quantitative estimate of drug-likeness (QED) is 0.810. The summed E-state index contributed by atoms with van der Waals surface area (Å²) >= 11 is 7.74. The van der Waals surface area contributed by atoms with Gasteiger partial charge in [-0.05, 0) is 12.5 Å². The third-order valence-corrected chi connectivity index (χ3v) is 4.84. The van der Waals surface area contributed by atoms with Crippen molar-refractivity contribution in [2.75, 3.05) is 24.6 Å². The Morgan fingerprint density at radius 2 is 2.26 bits per heavy atom. The molecule has 4 nitrogen and oxygen atoms in total. The van der Waals surface area contributed by atoms with Gasteiger partial charge in [0.25, 0.3) is 5.91 Å². The number of carbonyl (C=O) groups excluding carboxylic acids is 1. The average molecular weight is 300 g/mol. The van der Waals surface area contributed by atoms with Crippen LogP contribution in [0.4, 0.5) is 5.69 Å². The van der Waals surface area contributed by atoms with E-state index in [-0.39, 0.29) is 10.7 Å². The SMILES string of the molecule is CC1(C)CCN(C(=O)c2cc(Cl)ncc2N)CCS1. The van der Waals surface area contributed by atoms with Crippen molar-refractivity contribution in [2.24, 2.45) is 0 Å². The molecule has 1 amide bonds. The number of hydrogen-bond acceptors (Lipinski definition) is 4. The Morgan fingerprint density at radius 3 is 3.00 bits per heavy atom. The molecule has 0 atom stereocenters. The van der Waals surface area contributed by atoms with E-state index >= 15 is 0 Å². The number of anilines is 1. The first-order valence-corrected chi connectivity index (χ1v) is 7.60. The van der Waals surface area contributed by atoms with Gasteiger partial charge in [-0.25, -0.2) is 4.98 Å². The van der Waals surface area contributed by atoms with Crippen molar-refractivity contribution in [2.45, 2.75) is 25.0 Å². The molecule has 1 fully saturated rings. The molecule has 0 spiro atoms. The fraction of sp³-hybridized carbons (Fsp3) is 0.538. The highest BCUT2D eigenvalue weighted by Crippen LogP contribution is 2.31. The van der Waals surface area contributed by atoms with Gasteiger partial charge >= 0.3 is 0 Å². The molecular weight excluding hydrogens is 282 g/mol. The Morgan fingerprint density at radius 1 is 1.53 bits per heavy atom. The van der Waals surface area contributed by atoms with E-state index in [0.717, 1.165) is 25.3 Å². The largest absolute Gasteiger partial charge is 0.397 e. The number of thioether (sulfide) groups is 1. The van der Waals surface area contributed by atoms with E-state index in [2.05, 4.69) is 18.8 Å². The van der Waals surface area contributed by atoms with Crippen LogP contribution in [0.1, 0.15) is 30.6 Å². The van der Waals surface area contributed by atoms with Crippen LogP contribution in [-0.2, 0) is 0 Å². The van der Waals surface area contributed by atoms with Crippen LogP contribution in [0.3, 0.4) is 0 Å². The molecule has 19 heavy (non-hydrogen) atoms. The van der Waals surface area contributed by atoms with Gasteiger partial charge in [-0.3, -0.25) is 4.79 Å². The summed E-state index contributed by atoms with van der Waals surface area (Å²) in [5, 5.41) is 0.294. The smallest absolute Gasteiger partial charge is 0.256 e. The Kier molecular flexibility index (Phi) is 4.26. The molecule has 1 aromatic heterocycles. The van der Waals surface area contributed by atoms with Crippen LogP contribution in [0.25, 0.3) is 0 Å². The third-order valence-electron chi connectivity index (χ3n) is 3.26. The monoisotopic (exact) mass is 299 g/mol. The van der Waals surface area contributed by atoms with E-state index < -0.39 is 0 Å². The summed E-state index contributed by atoms with van der Waals surface area (Å²) in [5.74, 6) is 0.886. The predicted octanol–water partition coefficient (Wildman–Crippen LogP) is 2.67. The van der Waals surface area contributed by atoms with Crippen molar-refractivity contribution in [3.8, 4) is 0 Å². The zero-order chi connectivity index (χ0) is 14.0. The summed E-state index contributed by atoms with van der Waals surface area (Å²) in [4.78, 5) is 18.2. The highest BCUT2D eigenvalue weighted by Gasteiger charge is 2.27. The van der Waals surface area contributed by atoms with Crippen LogP contribution < -0.4 is 5.73 Å². The van der Waals surface area contributed by atoms with Crippen LogP contribution in [0.15, 0.2) is 12.3 Å². The maximum absolute atomic E-state index is 12.5. The van der Waals surface area contributed by atoms with Crippen LogP contribution in [0.5, 0.6) is 0 Å². The van der Waals surface area contributed by atoms with Crippen molar-refractivity contribution >= 4 is 35.0 Å². The summed E-state index contributed by atoms with van der Waals surface area (Å²) in [5.41, 5.74) is 6.64. The molecule has 1 aliphatic rings. The fourth-order valence-corrected chi connectivity index (χ4v) is 3.28.